The van der Waals surface area contributed by atoms with Crippen molar-refractivity contribution in [3.63, 3.8) is 0 Å². The molecule has 9 heteroatoms. The van der Waals surface area contributed by atoms with Gasteiger partial charge in [0.25, 0.3) is 0 Å². The number of benzene rings is 1. The minimum atomic E-state index is -0.563. The van der Waals surface area contributed by atoms with E-state index in [0.29, 0.717) is 18.3 Å². The molecule has 0 fully saturated rings. The lowest BCUT2D eigenvalue weighted by atomic mass is 10.1. The van der Waals surface area contributed by atoms with Gasteiger partial charge in [0, 0.05) is 24.8 Å². The predicted octanol–water partition coefficient (Wildman–Crippen LogP) is 4.12. The number of carbonyl (C=O) groups is 1. The molecular weight excluding hydrogens is 411 g/mol. The number of rotatable bonds is 11. The smallest absolute Gasteiger partial charge is 0.330 e. The van der Waals surface area contributed by atoms with E-state index >= 15 is 0 Å². The molecule has 0 bridgehead atoms. The Bertz CT molecular complexity index is 921. The average Bonchev–Trinajstić information content (AvgIpc) is 2.81. The van der Waals surface area contributed by atoms with Crippen LogP contribution in [0.4, 0.5) is 26.6 Å². The first kappa shape index (κ1) is 23.7. The van der Waals surface area contributed by atoms with Gasteiger partial charge in [0.2, 0.25) is 5.95 Å². The lowest BCUT2D eigenvalue weighted by Crippen LogP contribution is -2.48. The van der Waals surface area contributed by atoms with Crippen molar-refractivity contribution < 1.29 is 13.9 Å². The van der Waals surface area contributed by atoms with E-state index in [0.717, 1.165) is 44.6 Å². The van der Waals surface area contributed by atoms with Crippen LogP contribution in [0.5, 0.6) is 5.75 Å². The lowest BCUT2D eigenvalue weighted by Gasteiger charge is -2.35. The number of anilines is 3. The maximum atomic E-state index is 14.8. The average molecular weight is 445 g/mol. The van der Waals surface area contributed by atoms with Gasteiger partial charge in [-0.15, -0.1) is 0 Å². The van der Waals surface area contributed by atoms with Crippen LogP contribution in [0, 0.1) is 5.82 Å². The molecule has 1 N–H and O–H groups in total. The van der Waals surface area contributed by atoms with Crippen molar-refractivity contribution in [3.8, 4) is 5.75 Å². The number of nitrogens with zero attached hydrogens (tertiary/aromatic N) is 5. The number of carbonyl (C=O) groups excluding carboxylic acids is 1. The van der Waals surface area contributed by atoms with E-state index in [4.69, 9.17) is 4.74 Å². The summed E-state index contributed by atoms with van der Waals surface area (Å²) in [6.07, 6.45) is 3.82. The molecule has 32 heavy (non-hydrogen) atoms. The summed E-state index contributed by atoms with van der Waals surface area (Å²) >= 11 is 0. The summed E-state index contributed by atoms with van der Waals surface area (Å²) in [6.45, 7) is 10.8. The predicted molar refractivity (Wildman–Crippen MR) is 125 cm³/mol. The number of nitrogens with one attached hydrogen (secondary N) is 1. The van der Waals surface area contributed by atoms with Crippen molar-refractivity contribution >= 4 is 23.5 Å². The molecule has 0 atom stereocenters. The Morgan fingerprint density at radius 1 is 1.22 bits per heavy atom. The van der Waals surface area contributed by atoms with E-state index in [-0.39, 0.29) is 24.0 Å². The SMILES string of the molecule is CCN(CC)CCCCNc1ncc2c(n1)N(CC)C(=O)N(c1cccc(OC)c1F)C2. The van der Waals surface area contributed by atoms with Gasteiger partial charge in [0.15, 0.2) is 11.6 Å². The Labute approximate surface area is 189 Å². The largest absolute Gasteiger partial charge is 0.494 e. The van der Waals surface area contributed by atoms with Crippen LogP contribution in [0.1, 0.15) is 39.2 Å². The summed E-state index contributed by atoms with van der Waals surface area (Å²) in [5.74, 6) is 0.601. The molecule has 0 radical (unpaired) electrons. The van der Waals surface area contributed by atoms with Crippen LogP contribution in [-0.4, -0.2) is 60.7 Å². The van der Waals surface area contributed by atoms with Crippen LogP contribution in [0.25, 0.3) is 0 Å². The Morgan fingerprint density at radius 3 is 2.69 bits per heavy atom. The Morgan fingerprint density at radius 2 is 2.00 bits per heavy atom. The molecular formula is C23H33FN6O2. The van der Waals surface area contributed by atoms with Gasteiger partial charge in [-0.05, 0) is 51.5 Å². The van der Waals surface area contributed by atoms with Crippen LogP contribution >= 0.6 is 0 Å². The minimum Gasteiger partial charge on any atom is -0.494 e. The van der Waals surface area contributed by atoms with Crippen molar-refractivity contribution in [3.05, 3.63) is 35.8 Å². The topological polar surface area (TPSA) is 73.8 Å². The summed E-state index contributed by atoms with van der Waals surface area (Å²) in [5.41, 5.74) is 0.939. The van der Waals surface area contributed by atoms with E-state index < -0.39 is 5.82 Å². The van der Waals surface area contributed by atoms with Crippen molar-refractivity contribution in [1.82, 2.24) is 14.9 Å². The second kappa shape index (κ2) is 11.1. The van der Waals surface area contributed by atoms with Gasteiger partial charge in [-0.1, -0.05) is 19.9 Å². The molecule has 2 aromatic rings. The number of amides is 2. The molecule has 0 aliphatic carbocycles. The number of urea groups is 1. The van der Waals surface area contributed by atoms with Crippen LogP contribution in [-0.2, 0) is 6.54 Å². The van der Waals surface area contributed by atoms with Crippen LogP contribution in [0.3, 0.4) is 0 Å². The monoisotopic (exact) mass is 444 g/mol. The maximum Gasteiger partial charge on any atom is 0.330 e. The summed E-state index contributed by atoms with van der Waals surface area (Å²) in [5, 5.41) is 3.26. The molecule has 8 nitrogen and oxygen atoms in total. The van der Waals surface area contributed by atoms with E-state index in [2.05, 4.69) is 34.0 Å². The quantitative estimate of drug-likeness (QED) is 0.526. The fraction of sp³-hybridized carbons (Fsp3) is 0.522. The van der Waals surface area contributed by atoms with Gasteiger partial charge in [-0.25, -0.2) is 14.2 Å². The zero-order valence-electron chi connectivity index (χ0n) is 19.4. The number of halogens is 1. The first-order valence-electron chi connectivity index (χ1n) is 11.3. The third-order valence-corrected chi connectivity index (χ3v) is 5.74. The molecule has 2 heterocycles. The number of methoxy groups -OCH3 is 1. The van der Waals surface area contributed by atoms with Crippen molar-refractivity contribution in [2.75, 3.05) is 55.0 Å². The van der Waals surface area contributed by atoms with Gasteiger partial charge in [0.1, 0.15) is 5.82 Å². The third-order valence-electron chi connectivity index (χ3n) is 5.74. The number of hydrogen-bond donors (Lipinski definition) is 1. The number of aromatic nitrogens is 2. The molecule has 1 aliphatic heterocycles. The van der Waals surface area contributed by atoms with Crippen LogP contribution < -0.4 is 19.9 Å². The molecule has 1 aromatic carbocycles. The first-order chi connectivity index (χ1) is 15.5. The van der Waals surface area contributed by atoms with Gasteiger partial charge >= 0.3 is 6.03 Å². The highest BCUT2D eigenvalue weighted by atomic mass is 19.1. The molecule has 2 amide bonds. The maximum absolute atomic E-state index is 14.8. The second-order valence-electron chi connectivity index (χ2n) is 7.61. The van der Waals surface area contributed by atoms with Crippen molar-refractivity contribution in [2.45, 2.75) is 40.2 Å². The molecule has 1 aliphatic rings. The highest BCUT2D eigenvalue weighted by Crippen LogP contribution is 2.34. The Balaban J connectivity index is 1.71. The zero-order valence-corrected chi connectivity index (χ0v) is 19.4. The first-order valence-corrected chi connectivity index (χ1v) is 11.3. The number of fused-ring (bicyclic) bond motifs is 1. The third kappa shape index (κ3) is 5.09. The summed E-state index contributed by atoms with van der Waals surface area (Å²) in [6, 6.07) is 4.45. The molecule has 0 unspecified atom stereocenters. The molecule has 0 saturated carbocycles. The van der Waals surface area contributed by atoms with Crippen molar-refractivity contribution in [1.29, 1.82) is 0 Å². The van der Waals surface area contributed by atoms with Gasteiger partial charge in [-0.3, -0.25) is 9.80 Å². The van der Waals surface area contributed by atoms with E-state index in [1.165, 1.54) is 18.1 Å². The van der Waals surface area contributed by atoms with Crippen LogP contribution in [0.15, 0.2) is 24.4 Å². The molecule has 1 aromatic heterocycles. The van der Waals surface area contributed by atoms with Gasteiger partial charge < -0.3 is 15.0 Å². The molecule has 0 spiro atoms. The standard InChI is InChI=1S/C23H33FN6O2/c1-5-28(6-2)14-9-8-13-25-22-26-15-17-16-30(23(31)29(7-3)21(17)27-22)18-11-10-12-19(32-4)20(18)24/h10-12,15H,5-9,13-14,16H2,1-4H3,(H,25,26,27). The fourth-order valence-corrected chi connectivity index (χ4v) is 3.84. The van der Waals surface area contributed by atoms with E-state index in [1.54, 1.807) is 23.2 Å². The van der Waals surface area contributed by atoms with E-state index in [1.807, 2.05) is 6.92 Å². The Kier molecular flexibility index (Phi) is 8.21. The summed E-state index contributed by atoms with van der Waals surface area (Å²) in [7, 11) is 1.40. The fourth-order valence-electron chi connectivity index (χ4n) is 3.84. The normalized spacial score (nSPS) is 13.5. The van der Waals surface area contributed by atoms with E-state index in [9.17, 15) is 9.18 Å². The summed E-state index contributed by atoms with van der Waals surface area (Å²) in [4.78, 5) is 27.5. The second-order valence-corrected chi connectivity index (χ2v) is 7.61. The van der Waals surface area contributed by atoms with Gasteiger partial charge in [0.05, 0.1) is 19.3 Å². The molecule has 174 valence electrons. The number of hydrogen-bond acceptors (Lipinski definition) is 6. The molecule has 3 rings (SSSR count). The highest BCUT2D eigenvalue weighted by Gasteiger charge is 2.34. The van der Waals surface area contributed by atoms with Crippen LogP contribution in [0.2, 0.25) is 0 Å². The lowest BCUT2D eigenvalue weighted by molar-refractivity contribution is 0.250. The highest BCUT2D eigenvalue weighted by molar-refractivity contribution is 6.05. The summed E-state index contributed by atoms with van der Waals surface area (Å²) < 4.78 is 19.9. The zero-order chi connectivity index (χ0) is 23.1. The number of ether oxygens (including phenoxy) is 1. The Hall–Kier alpha value is -2.94. The minimum absolute atomic E-state index is 0.0981. The van der Waals surface area contributed by atoms with Gasteiger partial charge in [-0.2, -0.15) is 4.98 Å². The van der Waals surface area contributed by atoms with Crippen molar-refractivity contribution in [2.24, 2.45) is 0 Å². The number of unbranched alkanes of at least 4 members (excludes halogenated alkanes) is 1. The molecule has 0 saturated heterocycles.